The van der Waals surface area contributed by atoms with Crippen LogP contribution in [0.4, 0.5) is 18.9 Å². The molecule has 1 aliphatic rings. The molecule has 0 bridgehead atoms. The topological polar surface area (TPSA) is 141 Å². The molecule has 0 radical (unpaired) electrons. The number of benzene rings is 1. The fourth-order valence-corrected chi connectivity index (χ4v) is 5.51. The standard InChI is InChI=1S/C20H23F3N4O6S2/c1-5-12(14-10-9-11(2)33-14)25-19-16(18(20(21,22)23)34(29,30)26-19)24-13-7-6-8-15(17(13)28)35(31,32)27(3)4/h6-10,12,24,28H,5H2,1-4H3,(H,25,26). The van der Waals surface area contributed by atoms with Gasteiger partial charge in [-0.15, -0.1) is 0 Å². The number of alkyl halides is 3. The summed E-state index contributed by atoms with van der Waals surface area (Å²) in [5, 5.41) is 12.8. The summed E-state index contributed by atoms with van der Waals surface area (Å²) >= 11 is 0. The van der Waals surface area contributed by atoms with E-state index >= 15 is 0 Å². The van der Waals surface area contributed by atoms with Gasteiger partial charge in [0.1, 0.15) is 28.2 Å². The van der Waals surface area contributed by atoms with Crippen LogP contribution in [0.25, 0.3) is 0 Å². The highest BCUT2D eigenvalue weighted by Crippen LogP contribution is 2.39. The Morgan fingerprint density at radius 1 is 1.23 bits per heavy atom. The number of aryl methyl sites for hydroxylation is 1. The molecule has 1 aromatic carbocycles. The number of furan rings is 1. The summed E-state index contributed by atoms with van der Waals surface area (Å²) in [5.41, 5.74) is -1.47. The van der Waals surface area contributed by atoms with Crippen LogP contribution < -0.4 is 10.0 Å². The molecule has 1 aliphatic heterocycles. The number of amidine groups is 1. The second-order valence-corrected chi connectivity index (χ2v) is 11.5. The van der Waals surface area contributed by atoms with Crippen LogP contribution in [0.1, 0.15) is 30.9 Å². The van der Waals surface area contributed by atoms with Gasteiger partial charge in [-0.1, -0.05) is 13.0 Å². The van der Waals surface area contributed by atoms with Gasteiger partial charge in [0, 0.05) is 14.1 Å². The molecule has 0 spiro atoms. The maximum atomic E-state index is 13.8. The zero-order valence-corrected chi connectivity index (χ0v) is 20.6. The fourth-order valence-electron chi connectivity index (χ4n) is 3.28. The molecule has 0 amide bonds. The predicted octanol–water partition coefficient (Wildman–Crippen LogP) is 3.21. The van der Waals surface area contributed by atoms with Crippen molar-refractivity contribution >= 4 is 31.6 Å². The number of anilines is 1. The first-order valence-corrected chi connectivity index (χ1v) is 13.0. The van der Waals surface area contributed by atoms with Crippen molar-refractivity contribution in [3.63, 3.8) is 0 Å². The highest BCUT2D eigenvalue weighted by atomic mass is 32.2. The van der Waals surface area contributed by atoms with Gasteiger partial charge in [-0.3, -0.25) is 9.71 Å². The molecule has 1 aromatic heterocycles. The number of aromatic hydroxyl groups is 1. The fraction of sp³-hybridized carbons (Fsp3) is 0.350. The molecule has 15 heteroatoms. The van der Waals surface area contributed by atoms with Crippen molar-refractivity contribution in [1.29, 1.82) is 0 Å². The number of phenolic OH excluding ortho intramolecular Hbond substituents is 1. The largest absolute Gasteiger partial charge is 0.504 e. The summed E-state index contributed by atoms with van der Waals surface area (Å²) in [7, 11) is -6.84. The Bertz CT molecular complexity index is 1410. The Kier molecular flexibility index (Phi) is 6.98. The summed E-state index contributed by atoms with van der Waals surface area (Å²) < 4.78 is 99.5. The van der Waals surface area contributed by atoms with E-state index in [1.807, 2.05) is 0 Å². The van der Waals surface area contributed by atoms with Gasteiger partial charge >= 0.3 is 6.18 Å². The summed E-state index contributed by atoms with van der Waals surface area (Å²) in [5.74, 6) is -0.733. The van der Waals surface area contributed by atoms with Gasteiger partial charge in [-0.2, -0.15) is 13.2 Å². The van der Waals surface area contributed by atoms with E-state index in [4.69, 9.17) is 4.42 Å². The molecule has 0 aliphatic carbocycles. The van der Waals surface area contributed by atoms with Crippen molar-refractivity contribution in [2.45, 2.75) is 37.4 Å². The van der Waals surface area contributed by atoms with Gasteiger partial charge in [0.25, 0.3) is 10.0 Å². The molecular weight excluding hydrogens is 513 g/mol. The lowest BCUT2D eigenvalue weighted by molar-refractivity contribution is -0.0846. The van der Waals surface area contributed by atoms with Crippen molar-refractivity contribution < 1.29 is 39.5 Å². The number of allylic oxidation sites excluding steroid dienone is 1. The minimum absolute atomic E-state index is 0.259. The number of para-hydroxylation sites is 1. The quantitative estimate of drug-likeness (QED) is 0.462. The highest BCUT2D eigenvalue weighted by molar-refractivity contribution is 7.94. The number of sulfonamides is 2. The van der Waals surface area contributed by atoms with Crippen molar-refractivity contribution in [3.05, 3.63) is 52.5 Å². The van der Waals surface area contributed by atoms with E-state index in [-0.39, 0.29) is 6.42 Å². The summed E-state index contributed by atoms with van der Waals surface area (Å²) in [4.78, 5) is 1.59. The molecule has 192 valence electrons. The van der Waals surface area contributed by atoms with Crippen LogP contribution in [-0.4, -0.2) is 52.4 Å². The van der Waals surface area contributed by atoms with Gasteiger partial charge < -0.3 is 14.8 Å². The van der Waals surface area contributed by atoms with Crippen LogP contribution in [0.5, 0.6) is 5.75 Å². The Labute approximate surface area is 200 Å². The summed E-state index contributed by atoms with van der Waals surface area (Å²) in [6.45, 7) is 3.34. The monoisotopic (exact) mass is 536 g/mol. The van der Waals surface area contributed by atoms with Gasteiger partial charge in [0.05, 0.1) is 5.69 Å². The SMILES string of the molecule is CCC(N=C1NS(=O)(=O)C(C(F)(F)F)=C1Nc1cccc(S(=O)(=O)N(C)C)c1O)c1ccc(C)o1. The van der Waals surface area contributed by atoms with Crippen molar-refractivity contribution in [2.75, 3.05) is 19.4 Å². The molecule has 0 fully saturated rings. The number of hydrogen-bond acceptors (Lipinski definition) is 8. The minimum atomic E-state index is -5.34. The van der Waals surface area contributed by atoms with Gasteiger partial charge in [0.2, 0.25) is 10.0 Å². The second-order valence-electron chi connectivity index (χ2n) is 7.72. The van der Waals surface area contributed by atoms with Gasteiger partial charge in [0.15, 0.2) is 16.5 Å². The zero-order valence-electron chi connectivity index (χ0n) is 19.0. The van der Waals surface area contributed by atoms with Crippen LogP contribution in [0.15, 0.2) is 55.2 Å². The minimum Gasteiger partial charge on any atom is -0.504 e. The Morgan fingerprint density at radius 2 is 1.89 bits per heavy atom. The number of nitrogens with one attached hydrogen (secondary N) is 2. The third-order valence-electron chi connectivity index (χ3n) is 5.00. The Hall–Kier alpha value is -3.04. The molecule has 2 heterocycles. The molecule has 1 unspecified atom stereocenters. The maximum Gasteiger partial charge on any atom is 0.431 e. The highest BCUT2D eigenvalue weighted by Gasteiger charge is 2.51. The number of halogens is 3. The van der Waals surface area contributed by atoms with Crippen LogP contribution in [-0.2, 0) is 20.0 Å². The molecule has 3 rings (SSSR count). The van der Waals surface area contributed by atoms with Crippen LogP contribution >= 0.6 is 0 Å². The van der Waals surface area contributed by atoms with E-state index in [9.17, 15) is 35.1 Å². The van der Waals surface area contributed by atoms with Crippen molar-refractivity contribution in [1.82, 2.24) is 9.03 Å². The number of aliphatic imine (C=N–C) groups is 1. The maximum absolute atomic E-state index is 13.8. The second kappa shape index (κ2) is 9.20. The smallest absolute Gasteiger partial charge is 0.431 e. The normalized spacial score (nSPS) is 18.2. The van der Waals surface area contributed by atoms with Gasteiger partial charge in [-0.05, 0) is 37.6 Å². The number of hydrogen-bond donors (Lipinski definition) is 3. The van der Waals surface area contributed by atoms with Gasteiger partial charge in [-0.25, -0.2) is 21.1 Å². The van der Waals surface area contributed by atoms with Crippen molar-refractivity contribution in [2.24, 2.45) is 4.99 Å². The van der Waals surface area contributed by atoms with Crippen LogP contribution in [0.2, 0.25) is 0 Å². The first-order chi connectivity index (χ1) is 16.1. The summed E-state index contributed by atoms with van der Waals surface area (Å²) in [6, 6.07) is 5.70. The first kappa shape index (κ1) is 26.6. The lowest BCUT2D eigenvalue weighted by Crippen LogP contribution is -2.28. The van der Waals surface area contributed by atoms with E-state index in [1.165, 1.54) is 20.2 Å². The first-order valence-electron chi connectivity index (χ1n) is 10.1. The van der Waals surface area contributed by atoms with E-state index in [0.717, 1.165) is 16.4 Å². The molecular formula is C20H23F3N4O6S2. The average molecular weight is 537 g/mol. The molecule has 2 aromatic rings. The Morgan fingerprint density at radius 3 is 2.40 bits per heavy atom. The number of nitrogens with zero attached hydrogens (tertiary/aromatic N) is 2. The van der Waals surface area contributed by atoms with E-state index in [2.05, 4.69) is 10.3 Å². The number of rotatable bonds is 7. The molecule has 10 nitrogen and oxygen atoms in total. The predicted molar refractivity (Wildman–Crippen MR) is 122 cm³/mol. The molecule has 3 N–H and O–H groups in total. The molecule has 0 saturated heterocycles. The van der Waals surface area contributed by atoms with E-state index in [0.29, 0.717) is 11.5 Å². The number of phenols is 1. The molecule has 35 heavy (non-hydrogen) atoms. The zero-order chi connectivity index (χ0) is 26.3. The lowest BCUT2D eigenvalue weighted by atomic mass is 10.2. The third kappa shape index (κ3) is 5.16. The van der Waals surface area contributed by atoms with Crippen LogP contribution in [0.3, 0.4) is 0 Å². The summed E-state index contributed by atoms with van der Waals surface area (Å²) in [6.07, 6.45) is -5.08. The lowest BCUT2D eigenvalue weighted by Gasteiger charge is -2.17. The van der Waals surface area contributed by atoms with E-state index < -0.39 is 65.0 Å². The third-order valence-corrected chi connectivity index (χ3v) is 8.28. The van der Waals surface area contributed by atoms with E-state index in [1.54, 1.807) is 30.7 Å². The molecule has 1 atom stereocenters. The van der Waals surface area contributed by atoms with Crippen molar-refractivity contribution in [3.8, 4) is 5.75 Å². The average Bonchev–Trinajstić information content (AvgIpc) is 3.26. The van der Waals surface area contributed by atoms with Crippen LogP contribution in [0, 0.1) is 6.92 Å². The Balaban J connectivity index is 2.20. The molecule has 0 saturated carbocycles.